The molecule has 0 spiro atoms. The Hall–Kier alpha value is -3.42. The second-order valence-corrected chi connectivity index (χ2v) is 6.83. The minimum absolute atomic E-state index is 0.112. The normalized spacial score (nSPS) is 12.5. The third kappa shape index (κ3) is 6.04. The van der Waals surface area contributed by atoms with Gasteiger partial charge in [-0.05, 0) is 56.7 Å². The quantitative estimate of drug-likeness (QED) is 0.440. The summed E-state index contributed by atoms with van der Waals surface area (Å²) in [5.41, 5.74) is 1.00. The van der Waals surface area contributed by atoms with Gasteiger partial charge in [-0.1, -0.05) is 6.07 Å². The van der Waals surface area contributed by atoms with Gasteiger partial charge in [-0.25, -0.2) is 19.4 Å². The predicted octanol–water partition coefficient (Wildman–Crippen LogP) is 3.24. The summed E-state index contributed by atoms with van der Waals surface area (Å²) in [4.78, 5) is 13.3. The highest BCUT2D eigenvalue weighted by Gasteiger charge is 2.07. The van der Waals surface area contributed by atoms with Crippen LogP contribution in [0.25, 0.3) is 5.82 Å². The Morgan fingerprint density at radius 1 is 1.17 bits per heavy atom. The lowest BCUT2D eigenvalue weighted by molar-refractivity contribution is 0.223. The Morgan fingerprint density at radius 3 is 2.60 bits per heavy atom. The van der Waals surface area contributed by atoms with E-state index in [0.29, 0.717) is 24.8 Å². The Balaban J connectivity index is 1.54. The molecule has 0 saturated carbocycles. The lowest BCUT2D eigenvalue weighted by Crippen LogP contribution is -2.41. The second-order valence-electron chi connectivity index (χ2n) is 6.83. The van der Waals surface area contributed by atoms with E-state index < -0.39 is 0 Å². The van der Waals surface area contributed by atoms with Gasteiger partial charge in [0.25, 0.3) is 0 Å². The third-order valence-corrected chi connectivity index (χ3v) is 4.35. The molecule has 0 aliphatic rings. The van der Waals surface area contributed by atoms with Gasteiger partial charge in [0.05, 0.1) is 13.1 Å². The van der Waals surface area contributed by atoms with Gasteiger partial charge in [0, 0.05) is 25.1 Å². The maximum atomic E-state index is 13.0. The number of guanidine groups is 1. The Labute approximate surface area is 176 Å². The first-order chi connectivity index (χ1) is 14.5. The highest BCUT2D eigenvalue weighted by Crippen LogP contribution is 2.13. The van der Waals surface area contributed by atoms with Gasteiger partial charge < -0.3 is 15.4 Å². The number of hydrogen-bond acceptors (Lipinski definition) is 4. The number of hydrogen-bond donors (Lipinski definition) is 2. The molecule has 1 aromatic carbocycles. The van der Waals surface area contributed by atoms with Gasteiger partial charge in [0.2, 0.25) is 0 Å². The molecule has 1 atom stereocenters. The number of halogens is 1. The van der Waals surface area contributed by atoms with Gasteiger partial charge >= 0.3 is 0 Å². The van der Waals surface area contributed by atoms with Crippen molar-refractivity contribution in [3.63, 3.8) is 0 Å². The molecule has 0 aliphatic heterocycles. The molecular formula is C22H27FN6O. The fourth-order valence-electron chi connectivity index (χ4n) is 2.81. The molecule has 3 aromatic rings. The topological polar surface area (TPSA) is 76.4 Å². The van der Waals surface area contributed by atoms with Crippen molar-refractivity contribution in [1.29, 1.82) is 0 Å². The van der Waals surface area contributed by atoms with Crippen LogP contribution in [0.5, 0.6) is 5.75 Å². The number of nitrogens with one attached hydrogen (secondary N) is 2. The average Bonchev–Trinajstić information content (AvgIpc) is 3.18. The van der Waals surface area contributed by atoms with Gasteiger partial charge in [-0.3, -0.25) is 4.57 Å². The number of imidazole rings is 1. The van der Waals surface area contributed by atoms with E-state index in [9.17, 15) is 4.39 Å². The maximum absolute atomic E-state index is 13.0. The van der Waals surface area contributed by atoms with Crippen LogP contribution in [0.1, 0.15) is 25.2 Å². The number of ether oxygens (including phenoxy) is 1. The van der Waals surface area contributed by atoms with Crippen molar-refractivity contribution in [2.75, 3.05) is 13.1 Å². The van der Waals surface area contributed by atoms with Crippen LogP contribution in [0.2, 0.25) is 0 Å². The maximum Gasteiger partial charge on any atom is 0.191 e. The summed E-state index contributed by atoms with van der Waals surface area (Å²) in [5, 5.41) is 6.49. The fraction of sp³-hybridized carbons (Fsp3) is 0.318. The molecule has 0 fully saturated rings. The third-order valence-electron chi connectivity index (χ3n) is 4.35. The summed E-state index contributed by atoms with van der Waals surface area (Å²) in [7, 11) is 0. The molecule has 8 heteroatoms. The van der Waals surface area contributed by atoms with Crippen molar-refractivity contribution < 1.29 is 9.13 Å². The first kappa shape index (κ1) is 21.3. The highest BCUT2D eigenvalue weighted by atomic mass is 19.1. The zero-order chi connectivity index (χ0) is 21.3. The molecule has 3 rings (SSSR count). The van der Waals surface area contributed by atoms with Crippen LogP contribution in [0.15, 0.2) is 60.0 Å². The lowest BCUT2D eigenvalue weighted by atomic mass is 10.3. The minimum Gasteiger partial charge on any atom is -0.489 e. The van der Waals surface area contributed by atoms with Crippen molar-refractivity contribution in [1.82, 2.24) is 25.2 Å². The number of benzene rings is 1. The highest BCUT2D eigenvalue weighted by molar-refractivity contribution is 5.79. The predicted molar refractivity (Wildman–Crippen MR) is 115 cm³/mol. The number of pyridine rings is 1. The summed E-state index contributed by atoms with van der Waals surface area (Å²) in [6.45, 7) is 7.70. The zero-order valence-electron chi connectivity index (χ0n) is 17.5. The minimum atomic E-state index is -0.280. The van der Waals surface area contributed by atoms with Crippen LogP contribution in [-0.4, -0.2) is 39.7 Å². The summed E-state index contributed by atoms with van der Waals surface area (Å²) in [6, 6.07) is 9.97. The van der Waals surface area contributed by atoms with Crippen LogP contribution in [0.4, 0.5) is 4.39 Å². The summed E-state index contributed by atoms with van der Waals surface area (Å²) in [6.07, 6.45) is 5.35. The van der Waals surface area contributed by atoms with E-state index in [0.717, 1.165) is 23.8 Å². The van der Waals surface area contributed by atoms with Crippen LogP contribution in [0.3, 0.4) is 0 Å². The Morgan fingerprint density at radius 2 is 1.97 bits per heavy atom. The largest absolute Gasteiger partial charge is 0.489 e. The number of aromatic nitrogens is 3. The van der Waals surface area contributed by atoms with E-state index in [1.165, 1.54) is 12.1 Å². The number of nitrogens with zero attached hydrogens (tertiary/aromatic N) is 4. The molecule has 0 aliphatic carbocycles. The first-order valence-corrected chi connectivity index (χ1v) is 9.95. The zero-order valence-corrected chi connectivity index (χ0v) is 17.5. The summed E-state index contributed by atoms with van der Waals surface area (Å²) < 4.78 is 20.7. The molecule has 2 aromatic heterocycles. The van der Waals surface area contributed by atoms with Crippen molar-refractivity contribution in [3.05, 3.63) is 72.2 Å². The van der Waals surface area contributed by atoms with Crippen molar-refractivity contribution in [2.24, 2.45) is 4.99 Å². The smallest absolute Gasteiger partial charge is 0.191 e. The molecular weight excluding hydrogens is 383 g/mol. The van der Waals surface area contributed by atoms with Crippen molar-refractivity contribution >= 4 is 5.96 Å². The Bertz CT molecular complexity index is 953. The average molecular weight is 410 g/mol. The molecule has 2 heterocycles. The van der Waals surface area contributed by atoms with E-state index in [1.807, 2.05) is 49.9 Å². The van der Waals surface area contributed by atoms with Gasteiger partial charge in [-0.15, -0.1) is 0 Å². The molecule has 30 heavy (non-hydrogen) atoms. The molecule has 7 nitrogen and oxygen atoms in total. The summed E-state index contributed by atoms with van der Waals surface area (Å²) >= 11 is 0. The van der Waals surface area contributed by atoms with Crippen LogP contribution in [0, 0.1) is 12.7 Å². The second kappa shape index (κ2) is 10.4. The number of aryl methyl sites for hydroxylation is 1. The number of aliphatic imine (C=N–C) groups is 1. The fourth-order valence-corrected chi connectivity index (χ4v) is 2.81. The first-order valence-electron chi connectivity index (χ1n) is 9.95. The van der Waals surface area contributed by atoms with Crippen LogP contribution >= 0.6 is 0 Å². The van der Waals surface area contributed by atoms with Crippen molar-refractivity contribution in [2.45, 2.75) is 33.4 Å². The molecule has 0 saturated heterocycles. The van der Waals surface area contributed by atoms with Gasteiger partial charge in [-0.2, -0.15) is 0 Å². The van der Waals surface area contributed by atoms with Crippen LogP contribution in [-0.2, 0) is 6.54 Å². The molecule has 0 bridgehead atoms. The SMILES string of the molecule is CCNC(=NCc1ccc(-n2ccnc2C)nc1)NCC(C)Oc1ccc(F)cc1. The van der Waals surface area contributed by atoms with Crippen LogP contribution < -0.4 is 15.4 Å². The van der Waals surface area contributed by atoms with E-state index in [1.54, 1.807) is 18.3 Å². The molecule has 2 N–H and O–H groups in total. The number of rotatable bonds is 8. The van der Waals surface area contributed by atoms with Gasteiger partial charge in [0.15, 0.2) is 5.96 Å². The molecule has 0 amide bonds. The Kier molecular flexibility index (Phi) is 7.37. The molecule has 1 unspecified atom stereocenters. The molecule has 0 radical (unpaired) electrons. The monoisotopic (exact) mass is 410 g/mol. The van der Waals surface area contributed by atoms with Crippen molar-refractivity contribution in [3.8, 4) is 11.6 Å². The van der Waals surface area contributed by atoms with E-state index in [-0.39, 0.29) is 11.9 Å². The summed E-state index contributed by atoms with van der Waals surface area (Å²) in [5.74, 6) is 2.77. The van der Waals surface area contributed by atoms with E-state index >= 15 is 0 Å². The van der Waals surface area contributed by atoms with E-state index in [4.69, 9.17) is 4.74 Å². The van der Waals surface area contributed by atoms with E-state index in [2.05, 4.69) is 25.6 Å². The standard InChI is InChI=1S/C22H27FN6O/c1-4-24-22(27-13-16(2)30-20-8-6-19(23)7-9-20)28-15-18-5-10-21(26-14-18)29-12-11-25-17(29)3/h5-12,14,16H,4,13,15H2,1-3H3,(H2,24,27,28). The lowest BCUT2D eigenvalue weighted by Gasteiger charge is -2.17. The van der Waals surface area contributed by atoms with Gasteiger partial charge in [0.1, 0.15) is 29.3 Å². The molecule has 158 valence electrons.